The largest absolute Gasteiger partial charge is 0.353 e. The molecule has 0 radical (unpaired) electrons. The predicted octanol–water partition coefficient (Wildman–Crippen LogP) is 1.53. The highest BCUT2D eigenvalue weighted by atomic mass is 15.3. The zero-order valence-electron chi connectivity index (χ0n) is 14.9. The summed E-state index contributed by atoms with van der Waals surface area (Å²) in [5.41, 5.74) is 2.16. The van der Waals surface area contributed by atoms with Gasteiger partial charge in [0.05, 0.1) is 0 Å². The van der Waals surface area contributed by atoms with Gasteiger partial charge in [-0.05, 0) is 18.9 Å². The lowest BCUT2D eigenvalue weighted by Gasteiger charge is -2.35. The number of nitrogens with zero attached hydrogens (tertiary/aromatic N) is 7. The first kappa shape index (κ1) is 16.4. The van der Waals surface area contributed by atoms with E-state index in [0.29, 0.717) is 0 Å². The van der Waals surface area contributed by atoms with E-state index in [-0.39, 0.29) is 0 Å². The van der Waals surface area contributed by atoms with Gasteiger partial charge in [0.2, 0.25) is 11.9 Å². The summed E-state index contributed by atoms with van der Waals surface area (Å²) in [6.45, 7) is 7.72. The van der Waals surface area contributed by atoms with Crippen LogP contribution in [-0.4, -0.2) is 60.2 Å². The molecule has 0 spiro atoms. The fourth-order valence-electron chi connectivity index (χ4n) is 2.73. The number of aromatic nitrogens is 4. The van der Waals surface area contributed by atoms with Gasteiger partial charge in [-0.1, -0.05) is 6.92 Å². The lowest BCUT2D eigenvalue weighted by atomic mass is 10.3. The van der Waals surface area contributed by atoms with Crippen molar-refractivity contribution in [2.24, 2.45) is 0 Å². The Hall–Kier alpha value is -2.44. The molecule has 0 unspecified atom stereocenters. The molecule has 0 N–H and O–H groups in total. The van der Waals surface area contributed by atoms with Crippen LogP contribution >= 0.6 is 0 Å². The van der Waals surface area contributed by atoms with Crippen LogP contribution in [0.2, 0.25) is 0 Å². The van der Waals surface area contributed by atoms with Gasteiger partial charge in [0, 0.05) is 64.4 Å². The van der Waals surface area contributed by atoms with Gasteiger partial charge >= 0.3 is 0 Å². The van der Waals surface area contributed by atoms with E-state index >= 15 is 0 Å². The summed E-state index contributed by atoms with van der Waals surface area (Å²) < 4.78 is 0. The van der Waals surface area contributed by atoms with Crippen LogP contribution in [0.1, 0.15) is 18.2 Å². The summed E-state index contributed by atoms with van der Waals surface area (Å²) in [6, 6.07) is 2.05. The molecule has 24 heavy (non-hydrogen) atoms. The van der Waals surface area contributed by atoms with Crippen LogP contribution in [0.25, 0.3) is 0 Å². The molecule has 2 aromatic heterocycles. The van der Waals surface area contributed by atoms with Crippen molar-refractivity contribution in [2.75, 3.05) is 55.0 Å². The first-order valence-electron chi connectivity index (χ1n) is 8.40. The van der Waals surface area contributed by atoms with E-state index in [9.17, 15) is 0 Å². The standard InChI is InChI=1S/C17H25N7/c1-5-14-11-18-16(19-12-14)24-8-6-23(7-9-24)15-10-13(2)20-17(21-15)22(3)4/h10-12H,5-9H2,1-4H3. The van der Waals surface area contributed by atoms with Gasteiger partial charge < -0.3 is 14.7 Å². The SMILES string of the molecule is CCc1cnc(N2CCN(c3cc(C)nc(N(C)C)n3)CC2)nc1. The van der Waals surface area contributed by atoms with E-state index in [1.807, 2.05) is 38.3 Å². The van der Waals surface area contributed by atoms with Crippen LogP contribution in [0, 0.1) is 6.92 Å². The van der Waals surface area contributed by atoms with Crippen molar-refractivity contribution in [3.8, 4) is 0 Å². The van der Waals surface area contributed by atoms with E-state index < -0.39 is 0 Å². The maximum Gasteiger partial charge on any atom is 0.226 e. The molecule has 0 aromatic carbocycles. The number of aryl methyl sites for hydroxylation is 2. The minimum atomic E-state index is 0.755. The van der Waals surface area contributed by atoms with Crippen molar-refractivity contribution in [1.82, 2.24) is 19.9 Å². The molecule has 3 rings (SSSR count). The molecule has 128 valence electrons. The van der Waals surface area contributed by atoms with E-state index in [2.05, 4.69) is 42.7 Å². The monoisotopic (exact) mass is 327 g/mol. The molecule has 0 bridgehead atoms. The molecular weight excluding hydrogens is 302 g/mol. The van der Waals surface area contributed by atoms with Crippen LogP contribution in [0.5, 0.6) is 0 Å². The molecule has 0 saturated carbocycles. The lowest BCUT2D eigenvalue weighted by Crippen LogP contribution is -2.47. The van der Waals surface area contributed by atoms with Crippen molar-refractivity contribution in [3.63, 3.8) is 0 Å². The average molecular weight is 327 g/mol. The first-order valence-corrected chi connectivity index (χ1v) is 8.40. The fraction of sp³-hybridized carbons (Fsp3) is 0.529. The highest BCUT2D eigenvalue weighted by Gasteiger charge is 2.20. The normalized spacial score (nSPS) is 14.8. The minimum absolute atomic E-state index is 0.755. The summed E-state index contributed by atoms with van der Waals surface area (Å²) in [5.74, 6) is 2.57. The summed E-state index contributed by atoms with van der Waals surface area (Å²) in [5, 5.41) is 0. The third kappa shape index (κ3) is 3.55. The van der Waals surface area contributed by atoms with E-state index in [0.717, 1.165) is 56.0 Å². The Labute approximate surface area is 143 Å². The second kappa shape index (κ2) is 6.98. The van der Waals surface area contributed by atoms with Gasteiger partial charge in [0.15, 0.2) is 0 Å². The maximum absolute atomic E-state index is 4.67. The molecule has 0 atom stereocenters. The number of piperazine rings is 1. The van der Waals surface area contributed by atoms with Crippen LogP contribution < -0.4 is 14.7 Å². The van der Waals surface area contributed by atoms with Crippen molar-refractivity contribution < 1.29 is 0 Å². The Balaban J connectivity index is 1.68. The van der Waals surface area contributed by atoms with Crippen LogP contribution in [0.15, 0.2) is 18.5 Å². The number of hydrogen-bond donors (Lipinski definition) is 0. The summed E-state index contributed by atoms with van der Waals surface area (Å²) >= 11 is 0. The van der Waals surface area contributed by atoms with E-state index in [1.165, 1.54) is 5.56 Å². The molecule has 0 aliphatic carbocycles. The fourth-order valence-corrected chi connectivity index (χ4v) is 2.73. The van der Waals surface area contributed by atoms with Crippen molar-refractivity contribution in [3.05, 3.63) is 29.7 Å². The molecule has 7 heteroatoms. The third-order valence-electron chi connectivity index (χ3n) is 4.22. The van der Waals surface area contributed by atoms with Crippen LogP contribution in [0.3, 0.4) is 0 Å². The summed E-state index contributed by atoms with van der Waals surface area (Å²) in [7, 11) is 3.93. The minimum Gasteiger partial charge on any atom is -0.353 e. The smallest absolute Gasteiger partial charge is 0.226 e. The van der Waals surface area contributed by atoms with Crippen molar-refractivity contribution >= 4 is 17.7 Å². The van der Waals surface area contributed by atoms with Crippen LogP contribution in [0.4, 0.5) is 17.7 Å². The Morgan fingerprint density at radius 2 is 1.62 bits per heavy atom. The Morgan fingerprint density at radius 3 is 2.21 bits per heavy atom. The molecule has 0 amide bonds. The molecule has 3 heterocycles. The van der Waals surface area contributed by atoms with Gasteiger partial charge in [-0.2, -0.15) is 4.98 Å². The zero-order chi connectivity index (χ0) is 17.1. The van der Waals surface area contributed by atoms with Crippen molar-refractivity contribution in [2.45, 2.75) is 20.3 Å². The molecule has 1 saturated heterocycles. The van der Waals surface area contributed by atoms with Gasteiger partial charge in [-0.15, -0.1) is 0 Å². The van der Waals surface area contributed by atoms with E-state index in [4.69, 9.17) is 0 Å². The van der Waals surface area contributed by atoms with Gasteiger partial charge in [-0.25, -0.2) is 15.0 Å². The third-order valence-corrected chi connectivity index (χ3v) is 4.22. The second-order valence-electron chi connectivity index (χ2n) is 6.28. The molecular formula is C17H25N7. The molecule has 2 aromatic rings. The number of rotatable bonds is 4. The Bertz CT molecular complexity index is 676. The second-order valence-corrected chi connectivity index (χ2v) is 6.28. The first-order chi connectivity index (χ1) is 11.6. The topological polar surface area (TPSA) is 61.3 Å². The average Bonchev–Trinajstić information content (AvgIpc) is 2.61. The summed E-state index contributed by atoms with van der Waals surface area (Å²) in [4.78, 5) is 24.6. The molecule has 1 aliphatic rings. The quantitative estimate of drug-likeness (QED) is 0.844. The zero-order valence-corrected chi connectivity index (χ0v) is 14.9. The molecule has 1 aliphatic heterocycles. The number of anilines is 3. The molecule has 1 fully saturated rings. The Kier molecular flexibility index (Phi) is 4.78. The van der Waals surface area contributed by atoms with Gasteiger partial charge in [-0.3, -0.25) is 0 Å². The predicted molar refractivity (Wildman–Crippen MR) is 96.9 cm³/mol. The van der Waals surface area contributed by atoms with E-state index in [1.54, 1.807) is 0 Å². The lowest BCUT2D eigenvalue weighted by molar-refractivity contribution is 0.633. The summed E-state index contributed by atoms with van der Waals surface area (Å²) in [6.07, 6.45) is 4.81. The highest BCUT2D eigenvalue weighted by molar-refractivity contribution is 5.47. The van der Waals surface area contributed by atoms with Gasteiger partial charge in [0.1, 0.15) is 5.82 Å². The van der Waals surface area contributed by atoms with Crippen LogP contribution in [-0.2, 0) is 6.42 Å². The molecule has 7 nitrogen and oxygen atoms in total. The number of hydrogen-bond acceptors (Lipinski definition) is 7. The Morgan fingerprint density at radius 1 is 1.00 bits per heavy atom. The maximum atomic E-state index is 4.67. The highest BCUT2D eigenvalue weighted by Crippen LogP contribution is 2.19. The van der Waals surface area contributed by atoms with Crippen molar-refractivity contribution in [1.29, 1.82) is 0 Å². The van der Waals surface area contributed by atoms with Gasteiger partial charge in [0.25, 0.3) is 0 Å².